The molecule has 0 aromatic carbocycles. The molecule has 0 saturated heterocycles. The summed E-state index contributed by atoms with van der Waals surface area (Å²) < 4.78 is 0. The van der Waals surface area contributed by atoms with Crippen LogP contribution >= 0.6 is 24.8 Å². The average Bonchev–Trinajstić information content (AvgIpc) is 1.50. The van der Waals surface area contributed by atoms with Gasteiger partial charge in [0.2, 0.25) is 0 Å². The molecule has 0 amide bonds. The average molecular weight is 436 g/mol. The van der Waals surface area contributed by atoms with E-state index in [1.54, 1.807) is 0 Å². The van der Waals surface area contributed by atoms with Crippen molar-refractivity contribution in [2.45, 2.75) is 0 Å². The minimum absolute atomic E-state index is 0. The fourth-order valence-electron chi connectivity index (χ4n) is 0. The zero-order valence-corrected chi connectivity index (χ0v) is 11.3. The van der Waals surface area contributed by atoms with E-state index in [4.69, 9.17) is 10.4 Å². The Hall–Kier alpha value is 0.868. The van der Waals surface area contributed by atoms with Crippen LogP contribution in [0, 0.1) is 0 Å². The van der Waals surface area contributed by atoms with Crippen molar-refractivity contribution >= 4 is 24.8 Å². The van der Waals surface area contributed by atoms with Crippen LogP contribution in [-0.2, 0) is 21.1 Å². The maximum Gasteiger partial charge on any atom is 0 e. The Balaban J connectivity index is -0.000000000404. The van der Waals surface area contributed by atoms with Crippen LogP contribution in [-0.4, -0.2) is 10.4 Å². The van der Waals surface area contributed by atoms with Crippen molar-refractivity contribution in [1.29, 1.82) is 0 Å². The molecule has 0 radical (unpaired) electrons. The molecule has 24 N–H and O–H groups in total. The quantitative estimate of drug-likeness (QED) is 0.234. The summed E-state index contributed by atoms with van der Waals surface area (Å²) in [6.45, 7) is 0. The number of nitrogens with two attached hydrogens (primary N) is 2. The van der Waals surface area contributed by atoms with Crippen molar-refractivity contribution in [2.75, 3.05) is 0 Å². The third-order valence-electron chi connectivity index (χ3n) is 0. The predicted octanol–water partition coefficient (Wildman–Crippen LogP) is 0.482. The maximum absolute atomic E-state index is 6.50. The summed E-state index contributed by atoms with van der Waals surface area (Å²) in [5.41, 5.74) is 0. The molecule has 0 aromatic heterocycles. The van der Waals surface area contributed by atoms with Crippen molar-refractivity contribution in [3.8, 4) is 0 Å². The number of hydrogen-bond acceptors (Lipinski definition) is 10. The molecule has 0 saturated carbocycles. The van der Waals surface area contributed by atoms with Gasteiger partial charge >= 0.3 is 0 Å². The van der Waals surface area contributed by atoms with Crippen LogP contribution in [0.5, 0.6) is 0 Å². The van der Waals surface area contributed by atoms with E-state index < -0.39 is 0 Å². The Morgan fingerprint density at radius 3 is 0.462 bits per heavy atom. The van der Waals surface area contributed by atoms with Crippen LogP contribution in [0.15, 0.2) is 0 Å². The molecule has 10 nitrogen and oxygen atoms in total. The molecule has 13 heteroatoms. The van der Waals surface area contributed by atoms with E-state index in [2.05, 4.69) is 11.8 Å². The van der Waals surface area contributed by atoms with Crippen LogP contribution in [0.25, 0.3) is 0 Å². The van der Waals surface area contributed by atoms with Gasteiger partial charge in [0.15, 0.2) is 0 Å². The van der Waals surface area contributed by atoms with E-state index in [9.17, 15) is 0 Å². The van der Waals surface area contributed by atoms with E-state index in [-0.39, 0.29) is 82.8 Å². The first-order valence-electron chi connectivity index (χ1n) is 0.516. The third kappa shape index (κ3) is 2020. The van der Waals surface area contributed by atoms with Crippen LogP contribution in [0.1, 0.15) is 0 Å². The predicted molar refractivity (Wildman–Crippen MR) is 56.6 cm³/mol. The number of hydrogen-bond donors (Lipinski definition) is 10. The minimum Gasteiger partial charge on any atom is -0.344 e. The Labute approximate surface area is 105 Å². The fourth-order valence-corrected chi connectivity index (χ4v) is 0. The second-order valence-electron chi connectivity index (χ2n) is 0. The van der Waals surface area contributed by atoms with Gasteiger partial charge in [0.05, 0.1) is 0 Å². The third-order valence-corrected chi connectivity index (χ3v) is 0. The molecular formula is H26Cl2N8O2Pt. The molecule has 0 bridgehead atoms. The zero-order chi connectivity index (χ0) is 4.00. The second kappa shape index (κ2) is 2400. The van der Waals surface area contributed by atoms with E-state index in [1.165, 1.54) is 0 Å². The van der Waals surface area contributed by atoms with Gasteiger partial charge in [-0.25, -0.2) is 11.8 Å². The normalized spacial score (nSPS) is 0.923. The van der Waals surface area contributed by atoms with E-state index in [0.717, 1.165) is 0 Å². The molecule has 0 unspecified atom stereocenters. The van der Waals surface area contributed by atoms with E-state index in [1.807, 2.05) is 0 Å². The van der Waals surface area contributed by atoms with Gasteiger partial charge in [0, 0.05) is 21.1 Å². The molecule has 102 valence electrons. The molecule has 0 atom stereocenters. The van der Waals surface area contributed by atoms with Gasteiger partial charge < -0.3 is 47.3 Å². The van der Waals surface area contributed by atoms with Gasteiger partial charge in [0.1, 0.15) is 0 Å². The molecule has 0 spiro atoms. The molecule has 0 aliphatic heterocycles. The van der Waals surface area contributed by atoms with Crippen LogP contribution in [0.3, 0.4) is 0 Å². The SMILES string of the molecule is Cl.Cl.N.N.N.N.N.N.NO.NO.[Pt]. The molecule has 0 fully saturated rings. The molecular weight excluding hydrogens is 410 g/mol. The first-order valence-corrected chi connectivity index (χ1v) is 0.516. The van der Waals surface area contributed by atoms with Crippen molar-refractivity contribution in [1.82, 2.24) is 36.9 Å². The summed E-state index contributed by atoms with van der Waals surface area (Å²) >= 11 is 0. The fraction of sp³-hybridized carbons (Fsp3) is 0. The Morgan fingerprint density at radius 1 is 0.462 bits per heavy atom. The summed E-state index contributed by atoms with van der Waals surface area (Å²) in [4.78, 5) is 0. The van der Waals surface area contributed by atoms with E-state index >= 15 is 0 Å². The molecule has 0 aromatic rings. The van der Waals surface area contributed by atoms with Crippen molar-refractivity contribution < 1.29 is 31.5 Å². The summed E-state index contributed by atoms with van der Waals surface area (Å²) in [5.74, 6) is 7.00. The smallest absolute Gasteiger partial charge is 0 e. The summed E-state index contributed by atoms with van der Waals surface area (Å²) in [7, 11) is 0. The molecule has 0 aliphatic carbocycles. The Bertz CT molecular complexity index is 20.1. The first-order chi connectivity index (χ1) is 2.00. The van der Waals surface area contributed by atoms with Gasteiger partial charge in [-0.3, -0.25) is 0 Å². The van der Waals surface area contributed by atoms with Gasteiger partial charge in [-0.05, 0) is 0 Å². The van der Waals surface area contributed by atoms with Crippen LogP contribution in [0.2, 0.25) is 0 Å². The van der Waals surface area contributed by atoms with Crippen molar-refractivity contribution in [2.24, 2.45) is 11.8 Å². The molecule has 13 heavy (non-hydrogen) atoms. The van der Waals surface area contributed by atoms with Crippen molar-refractivity contribution in [3.05, 3.63) is 0 Å². The molecule has 0 rings (SSSR count). The summed E-state index contributed by atoms with van der Waals surface area (Å²) in [6.07, 6.45) is 0. The van der Waals surface area contributed by atoms with Crippen LogP contribution in [0.4, 0.5) is 0 Å². The second-order valence-corrected chi connectivity index (χ2v) is 0. The summed E-state index contributed by atoms with van der Waals surface area (Å²) in [6, 6.07) is 0. The van der Waals surface area contributed by atoms with Gasteiger partial charge in [-0.2, -0.15) is 0 Å². The van der Waals surface area contributed by atoms with Gasteiger partial charge in [0.25, 0.3) is 0 Å². The topological polar surface area (TPSA) is 302 Å². The largest absolute Gasteiger partial charge is 0.344 e. The van der Waals surface area contributed by atoms with Crippen LogP contribution < -0.4 is 48.7 Å². The molecule has 0 heterocycles. The number of rotatable bonds is 0. The standard InChI is InChI=1S/2ClH.2H3NO.6H3N.Pt/c;;2*1-2;;;;;;;/h2*1H;2*2H,1H2;6*1H3;. The number of halogens is 2. The minimum atomic E-state index is 0. The summed E-state index contributed by atoms with van der Waals surface area (Å²) in [5, 5.41) is 13.0. The Kier molecular flexibility index (Phi) is 51600. The molecule has 0 aliphatic rings. The monoisotopic (exact) mass is 435 g/mol. The van der Waals surface area contributed by atoms with Gasteiger partial charge in [-0.15, -0.1) is 24.8 Å². The van der Waals surface area contributed by atoms with Crippen molar-refractivity contribution in [3.63, 3.8) is 0 Å². The maximum atomic E-state index is 6.50. The van der Waals surface area contributed by atoms with Gasteiger partial charge in [-0.1, -0.05) is 0 Å². The van der Waals surface area contributed by atoms with E-state index in [0.29, 0.717) is 0 Å². The first kappa shape index (κ1) is 279. The zero-order valence-electron chi connectivity index (χ0n) is 7.42. The Morgan fingerprint density at radius 2 is 0.462 bits per heavy atom.